The van der Waals surface area contributed by atoms with Crippen LogP contribution < -0.4 is 0 Å². The molecule has 2 unspecified atom stereocenters. The number of carbonyl (C=O) groups excluding carboxylic acids is 1. The smallest absolute Gasteiger partial charge is 0.325 e. The molecule has 0 aliphatic heterocycles. The van der Waals surface area contributed by atoms with Crippen LogP contribution in [0.25, 0.3) is 0 Å². The molecule has 0 N–H and O–H groups in total. The molecule has 0 saturated carbocycles. The Morgan fingerprint density at radius 1 is 1.55 bits per heavy atom. The van der Waals surface area contributed by atoms with Gasteiger partial charge in [0.15, 0.2) is 0 Å². The van der Waals surface area contributed by atoms with Crippen molar-refractivity contribution in [2.75, 3.05) is 12.5 Å². The fourth-order valence-electron chi connectivity index (χ4n) is 0.448. The molecule has 0 aromatic heterocycles. The van der Waals surface area contributed by atoms with Crippen molar-refractivity contribution in [2.24, 2.45) is 0 Å². The van der Waals surface area contributed by atoms with Crippen molar-refractivity contribution in [3.63, 3.8) is 0 Å². The van der Waals surface area contributed by atoms with E-state index in [0.29, 0.717) is 6.61 Å². The zero-order valence-electron chi connectivity index (χ0n) is 6.02. The summed E-state index contributed by atoms with van der Waals surface area (Å²) >= 11 is 16.5. The molecule has 0 spiro atoms. The molecule has 66 valence electrons. The Balaban J connectivity index is 3.80. The van der Waals surface area contributed by atoms with Gasteiger partial charge in [-0.15, -0.1) is 34.8 Å². The lowest BCUT2D eigenvalue weighted by Crippen LogP contribution is -2.28. The molecule has 5 heteroatoms. The second kappa shape index (κ2) is 5.92. The van der Waals surface area contributed by atoms with E-state index in [9.17, 15) is 4.79 Å². The summed E-state index contributed by atoms with van der Waals surface area (Å²) in [5, 5.41) is -1.42. The van der Waals surface area contributed by atoms with Crippen LogP contribution in [0.15, 0.2) is 0 Å². The van der Waals surface area contributed by atoms with Gasteiger partial charge in [-0.05, 0) is 6.92 Å². The summed E-state index contributed by atoms with van der Waals surface area (Å²) in [5.74, 6) is -0.385. The van der Waals surface area contributed by atoms with Gasteiger partial charge >= 0.3 is 5.97 Å². The molecule has 2 atom stereocenters. The molecule has 0 heterocycles. The molecule has 0 amide bonds. The third kappa shape index (κ3) is 4.04. The first-order chi connectivity index (χ1) is 5.13. The number of carbonyl (C=O) groups is 1. The molecular formula is C6H9Cl3O2. The summed E-state index contributed by atoms with van der Waals surface area (Å²) in [6.45, 7) is 2.00. The van der Waals surface area contributed by atoms with Crippen molar-refractivity contribution in [1.29, 1.82) is 0 Å². The van der Waals surface area contributed by atoms with Gasteiger partial charge in [-0.1, -0.05) is 0 Å². The zero-order chi connectivity index (χ0) is 8.85. The summed E-state index contributed by atoms with van der Waals surface area (Å²) in [6, 6.07) is 0. The van der Waals surface area contributed by atoms with Crippen molar-refractivity contribution < 1.29 is 9.53 Å². The van der Waals surface area contributed by atoms with Crippen LogP contribution in [-0.4, -0.2) is 29.2 Å². The van der Waals surface area contributed by atoms with E-state index >= 15 is 0 Å². The van der Waals surface area contributed by atoms with Gasteiger partial charge in [-0.2, -0.15) is 0 Å². The quantitative estimate of drug-likeness (QED) is 0.534. The van der Waals surface area contributed by atoms with Crippen molar-refractivity contribution in [3.8, 4) is 0 Å². The fourth-order valence-corrected chi connectivity index (χ4v) is 0.972. The number of hydrogen-bond donors (Lipinski definition) is 0. The van der Waals surface area contributed by atoms with E-state index in [1.54, 1.807) is 6.92 Å². The standard InChI is InChI=1S/C6H9Cl3O2/c1-2-11-6(10)5(9)4(8)3-7/h4-5H,2-3H2,1H3. The third-order valence-electron chi connectivity index (χ3n) is 0.977. The highest BCUT2D eigenvalue weighted by Gasteiger charge is 2.24. The van der Waals surface area contributed by atoms with Gasteiger partial charge in [0.1, 0.15) is 5.38 Å². The summed E-state index contributed by atoms with van der Waals surface area (Å²) in [4.78, 5) is 10.8. The zero-order valence-corrected chi connectivity index (χ0v) is 8.29. The molecule has 0 saturated heterocycles. The van der Waals surface area contributed by atoms with Gasteiger partial charge in [0, 0.05) is 5.88 Å². The van der Waals surface area contributed by atoms with Crippen molar-refractivity contribution >= 4 is 40.8 Å². The van der Waals surface area contributed by atoms with E-state index in [1.807, 2.05) is 0 Å². The maximum absolute atomic E-state index is 10.8. The Morgan fingerprint density at radius 3 is 2.45 bits per heavy atom. The molecule has 11 heavy (non-hydrogen) atoms. The minimum atomic E-state index is -0.853. The van der Waals surface area contributed by atoms with Gasteiger partial charge in [0.2, 0.25) is 0 Å². The van der Waals surface area contributed by atoms with Crippen LogP contribution in [0, 0.1) is 0 Å². The van der Waals surface area contributed by atoms with Crippen LogP contribution in [0.2, 0.25) is 0 Å². The average Bonchev–Trinajstić information content (AvgIpc) is 2.02. The van der Waals surface area contributed by atoms with Crippen molar-refractivity contribution in [1.82, 2.24) is 0 Å². The third-order valence-corrected chi connectivity index (χ3v) is 2.48. The molecule has 0 aliphatic carbocycles. The van der Waals surface area contributed by atoms with E-state index in [1.165, 1.54) is 0 Å². The molecule has 0 rings (SSSR count). The van der Waals surface area contributed by atoms with Crippen LogP contribution in [0.4, 0.5) is 0 Å². The topological polar surface area (TPSA) is 26.3 Å². The minimum absolute atomic E-state index is 0.133. The maximum atomic E-state index is 10.8. The minimum Gasteiger partial charge on any atom is -0.465 e. The van der Waals surface area contributed by atoms with E-state index in [2.05, 4.69) is 4.74 Å². The van der Waals surface area contributed by atoms with Crippen LogP contribution in [-0.2, 0) is 9.53 Å². The number of hydrogen-bond acceptors (Lipinski definition) is 2. The molecule has 0 aromatic carbocycles. The highest BCUT2D eigenvalue weighted by molar-refractivity contribution is 6.39. The Bertz CT molecular complexity index is 129. The van der Waals surface area contributed by atoms with E-state index < -0.39 is 16.7 Å². The van der Waals surface area contributed by atoms with Gasteiger partial charge in [0.25, 0.3) is 0 Å². The molecule has 2 nitrogen and oxygen atoms in total. The second-order valence-electron chi connectivity index (χ2n) is 1.82. The molecule has 0 aliphatic rings. The first-order valence-electron chi connectivity index (χ1n) is 3.14. The lowest BCUT2D eigenvalue weighted by Gasteiger charge is -2.11. The lowest BCUT2D eigenvalue weighted by molar-refractivity contribution is -0.142. The van der Waals surface area contributed by atoms with Crippen LogP contribution in [0.3, 0.4) is 0 Å². The summed E-state index contributed by atoms with van der Waals surface area (Å²) in [7, 11) is 0. The SMILES string of the molecule is CCOC(=O)C(Cl)C(Cl)CCl. The van der Waals surface area contributed by atoms with E-state index in [4.69, 9.17) is 34.8 Å². The Labute approximate surface area is 80.7 Å². The average molecular weight is 219 g/mol. The number of alkyl halides is 3. The molecule has 0 aromatic rings. The number of rotatable bonds is 4. The predicted molar refractivity (Wildman–Crippen MR) is 46.6 cm³/mol. The van der Waals surface area contributed by atoms with Crippen LogP contribution in [0.5, 0.6) is 0 Å². The predicted octanol–water partition coefficient (Wildman–Crippen LogP) is 2.00. The number of ether oxygens (including phenoxy) is 1. The Kier molecular flexibility index (Phi) is 6.11. The highest BCUT2D eigenvalue weighted by atomic mass is 35.5. The first kappa shape index (κ1) is 11.3. The van der Waals surface area contributed by atoms with Gasteiger partial charge in [-0.25, -0.2) is 0 Å². The summed E-state index contributed by atoms with van der Waals surface area (Å²) < 4.78 is 4.61. The number of esters is 1. The lowest BCUT2D eigenvalue weighted by atomic mass is 10.3. The normalized spacial score (nSPS) is 15.6. The monoisotopic (exact) mass is 218 g/mol. The van der Waals surface area contributed by atoms with Crippen LogP contribution in [0.1, 0.15) is 6.92 Å². The van der Waals surface area contributed by atoms with Gasteiger partial charge < -0.3 is 4.74 Å². The van der Waals surface area contributed by atoms with Crippen molar-refractivity contribution in [3.05, 3.63) is 0 Å². The Morgan fingerprint density at radius 2 is 2.09 bits per heavy atom. The summed E-state index contributed by atoms with van der Waals surface area (Å²) in [6.07, 6.45) is 0. The van der Waals surface area contributed by atoms with Crippen LogP contribution >= 0.6 is 34.8 Å². The molecular weight excluding hydrogens is 210 g/mol. The van der Waals surface area contributed by atoms with Gasteiger partial charge in [0.05, 0.1) is 12.0 Å². The largest absolute Gasteiger partial charge is 0.465 e. The fraction of sp³-hybridized carbons (Fsp3) is 0.833. The molecule has 0 radical (unpaired) electrons. The van der Waals surface area contributed by atoms with Gasteiger partial charge in [-0.3, -0.25) is 4.79 Å². The van der Waals surface area contributed by atoms with E-state index in [-0.39, 0.29) is 5.88 Å². The highest BCUT2D eigenvalue weighted by Crippen LogP contribution is 2.13. The number of halogens is 3. The summed E-state index contributed by atoms with van der Waals surface area (Å²) in [5.41, 5.74) is 0. The van der Waals surface area contributed by atoms with E-state index in [0.717, 1.165) is 0 Å². The van der Waals surface area contributed by atoms with Crippen molar-refractivity contribution in [2.45, 2.75) is 17.7 Å². The maximum Gasteiger partial charge on any atom is 0.325 e. The Hall–Kier alpha value is 0.340. The molecule has 0 bridgehead atoms. The molecule has 0 fully saturated rings. The second-order valence-corrected chi connectivity index (χ2v) is 3.16. The first-order valence-corrected chi connectivity index (χ1v) is 4.55.